The van der Waals surface area contributed by atoms with Crippen LogP contribution in [0, 0.1) is 13.8 Å². The van der Waals surface area contributed by atoms with Crippen molar-refractivity contribution in [2.45, 2.75) is 52.2 Å². The van der Waals surface area contributed by atoms with E-state index in [4.69, 9.17) is 0 Å². The van der Waals surface area contributed by atoms with Crippen LogP contribution in [0.3, 0.4) is 0 Å². The van der Waals surface area contributed by atoms with Crippen molar-refractivity contribution in [3.8, 4) is 0 Å². The fourth-order valence-electron chi connectivity index (χ4n) is 3.47. The van der Waals surface area contributed by atoms with Gasteiger partial charge in [0.2, 0.25) is 5.91 Å². The van der Waals surface area contributed by atoms with Crippen LogP contribution in [0.5, 0.6) is 0 Å². The van der Waals surface area contributed by atoms with E-state index in [2.05, 4.69) is 38.0 Å². The van der Waals surface area contributed by atoms with Crippen molar-refractivity contribution in [1.29, 1.82) is 0 Å². The summed E-state index contributed by atoms with van der Waals surface area (Å²) in [5, 5.41) is 7.56. The number of aryl methyl sites for hydroxylation is 2. The number of pyridine rings is 1. The molecule has 6 heteroatoms. The van der Waals surface area contributed by atoms with Crippen LogP contribution in [0.1, 0.15) is 36.3 Å². The number of rotatable bonds is 6. The van der Waals surface area contributed by atoms with Gasteiger partial charge in [0, 0.05) is 17.9 Å². The molecule has 1 fully saturated rings. The van der Waals surface area contributed by atoms with Crippen molar-refractivity contribution in [3.05, 3.63) is 47.5 Å². The van der Waals surface area contributed by atoms with E-state index in [0.717, 1.165) is 37.3 Å². The third-order valence-electron chi connectivity index (χ3n) is 4.78. The Morgan fingerprint density at radius 2 is 2.20 bits per heavy atom. The first-order valence-electron chi connectivity index (χ1n) is 9.03. The van der Waals surface area contributed by atoms with Gasteiger partial charge in [-0.3, -0.25) is 19.4 Å². The van der Waals surface area contributed by atoms with Crippen molar-refractivity contribution >= 4 is 5.91 Å². The number of hydrogen-bond donors (Lipinski definition) is 1. The van der Waals surface area contributed by atoms with Crippen molar-refractivity contribution in [2.75, 3.05) is 13.1 Å². The van der Waals surface area contributed by atoms with E-state index in [1.54, 1.807) is 6.20 Å². The van der Waals surface area contributed by atoms with Crippen LogP contribution in [-0.2, 0) is 17.9 Å². The van der Waals surface area contributed by atoms with E-state index in [1.807, 2.05) is 25.1 Å². The Bertz CT molecular complexity index is 697. The summed E-state index contributed by atoms with van der Waals surface area (Å²) in [6, 6.07) is 8.21. The van der Waals surface area contributed by atoms with Gasteiger partial charge in [-0.15, -0.1) is 0 Å². The first kappa shape index (κ1) is 17.6. The number of nitrogens with one attached hydrogen (secondary N) is 1. The van der Waals surface area contributed by atoms with Gasteiger partial charge in [0.05, 0.1) is 31.0 Å². The summed E-state index contributed by atoms with van der Waals surface area (Å²) in [6.45, 7) is 6.86. The number of piperidine rings is 1. The average Bonchev–Trinajstić information content (AvgIpc) is 2.93. The zero-order chi connectivity index (χ0) is 17.6. The average molecular weight is 341 g/mol. The molecule has 0 aromatic carbocycles. The summed E-state index contributed by atoms with van der Waals surface area (Å²) in [7, 11) is 0. The Morgan fingerprint density at radius 1 is 1.32 bits per heavy atom. The van der Waals surface area contributed by atoms with Gasteiger partial charge >= 0.3 is 0 Å². The molecule has 1 N–H and O–H groups in total. The van der Waals surface area contributed by atoms with Crippen molar-refractivity contribution in [3.63, 3.8) is 0 Å². The summed E-state index contributed by atoms with van der Waals surface area (Å²) in [6.07, 6.45) is 5.24. The topological polar surface area (TPSA) is 63.1 Å². The first-order valence-corrected chi connectivity index (χ1v) is 9.03. The molecule has 1 amide bonds. The van der Waals surface area contributed by atoms with E-state index in [1.165, 1.54) is 12.1 Å². The summed E-state index contributed by atoms with van der Waals surface area (Å²) < 4.78 is 2.07. The fourth-order valence-corrected chi connectivity index (χ4v) is 3.47. The normalized spacial score (nSPS) is 18.2. The van der Waals surface area contributed by atoms with Gasteiger partial charge in [0.1, 0.15) is 0 Å². The van der Waals surface area contributed by atoms with Gasteiger partial charge in [-0.2, -0.15) is 5.10 Å². The molecule has 3 heterocycles. The van der Waals surface area contributed by atoms with Crippen LogP contribution >= 0.6 is 0 Å². The second-order valence-electron chi connectivity index (χ2n) is 6.83. The first-order chi connectivity index (χ1) is 12.1. The van der Waals surface area contributed by atoms with Crippen LogP contribution in [0.2, 0.25) is 0 Å². The predicted octanol–water partition coefficient (Wildman–Crippen LogP) is 2.07. The third kappa shape index (κ3) is 4.89. The predicted molar refractivity (Wildman–Crippen MR) is 97.0 cm³/mol. The van der Waals surface area contributed by atoms with Gasteiger partial charge < -0.3 is 5.32 Å². The molecule has 3 rings (SSSR count). The van der Waals surface area contributed by atoms with E-state index in [0.29, 0.717) is 19.1 Å². The standard InChI is InChI=1S/C19H27N5O/c1-15-11-16(2)24(22-15)13-18-8-4-6-10-23(18)14-19(25)21-12-17-7-3-5-9-20-17/h3,5,7,9,11,18H,4,6,8,10,12-14H2,1-2H3,(H,21,25). The molecule has 0 radical (unpaired) electrons. The van der Waals surface area contributed by atoms with Crippen LogP contribution in [0.25, 0.3) is 0 Å². The van der Waals surface area contributed by atoms with Gasteiger partial charge in [-0.1, -0.05) is 12.5 Å². The summed E-state index contributed by atoms with van der Waals surface area (Å²) in [5.74, 6) is 0.0610. The van der Waals surface area contributed by atoms with Gasteiger partial charge in [-0.05, 0) is 51.4 Å². The molecular formula is C19H27N5O. The highest BCUT2D eigenvalue weighted by Gasteiger charge is 2.25. The summed E-state index contributed by atoms with van der Waals surface area (Å²) in [5.41, 5.74) is 3.12. The Morgan fingerprint density at radius 3 is 2.92 bits per heavy atom. The second kappa shape index (κ2) is 8.25. The maximum Gasteiger partial charge on any atom is 0.234 e. The molecular weight excluding hydrogens is 314 g/mol. The smallest absolute Gasteiger partial charge is 0.234 e. The second-order valence-corrected chi connectivity index (χ2v) is 6.83. The Balaban J connectivity index is 1.55. The van der Waals surface area contributed by atoms with E-state index in [-0.39, 0.29) is 5.91 Å². The number of hydrogen-bond acceptors (Lipinski definition) is 4. The van der Waals surface area contributed by atoms with E-state index in [9.17, 15) is 4.79 Å². The SMILES string of the molecule is Cc1cc(C)n(CC2CCCCN2CC(=O)NCc2ccccn2)n1. The molecule has 1 unspecified atom stereocenters. The quantitative estimate of drug-likeness (QED) is 0.874. The minimum absolute atomic E-state index is 0.0610. The molecule has 134 valence electrons. The highest BCUT2D eigenvalue weighted by atomic mass is 16.2. The Kier molecular flexibility index (Phi) is 5.81. The molecule has 0 aliphatic carbocycles. The zero-order valence-electron chi connectivity index (χ0n) is 15.1. The molecule has 0 saturated carbocycles. The summed E-state index contributed by atoms with van der Waals surface area (Å²) >= 11 is 0. The zero-order valence-corrected chi connectivity index (χ0v) is 15.1. The van der Waals surface area contributed by atoms with Crippen molar-refractivity contribution in [2.24, 2.45) is 0 Å². The van der Waals surface area contributed by atoms with Gasteiger partial charge in [0.25, 0.3) is 0 Å². The lowest BCUT2D eigenvalue weighted by Gasteiger charge is -2.35. The lowest BCUT2D eigenvalue weighted by atomic mass is 10.0. The lowest BCUT2D eigenvalue weighted by Crippen LogP contribution is -2.47. The van der Waals surface area contributed by atoms with Crippen molar-refractivity contribution < 1.29 is 4.79 Å². The number of nitrogens with zero attached hydrogens (tertiary/aromatic N) is 4. The van der Waals surface area contributed by atoms with Gasteiger partial charge in [-0.25, -0.2) is 0 Å². The van der Waals surface area contributed by atoms with E-state index >= 15 is 0 Å². The lowest BCUT2D eigenvalue weighted by molar-refractivity contribution is -0.123. The van der Waals surface area contributed by atoms with Crippen LogP contribution in [0.15, 0.2) is 30.5 Å². The maximum absolute atomic E-state index is 12.4. The van der Waals surface area contributed by atoms with Crippen LogP contribution < -0.4 is 5.32 Å². The highest BCUT2D eigenvalue weighted by Crippen LogP contribution is 2.19. The molecule has 6 nitrogen and oxygen atoms in total. The molecule has 2 aromatic heterocycles. The number of amides is 1. The maximum atomic E-state index is 12.4. The summed E-state index contributed by atoms with van der Waals surface area (Å²) in [4.78, 5) is 18.9. The minimum atomic E-state index is 0.0610. The largest absolute Gasteiger partial charge is 0.349 e. The minimum Gasteiger partial charge on any atom is -0.349 e. The molecule has 0 spiro atoms. The molecule has 2 aromatic rings. The molecule has 1 aliphatic heterocycles. The number of likely N-dealkylation sites (tertiary alicyclic amines) is 1. The number of carbonyl (C=O) groups is 1. The number of aromatic nitrogens is 3. The third-order valence-corrected chi connectivity index (χ3v) is 4.78. The van der Waals surface area contributed by atoms with Crippen LogP contribution in [0.4, 0.5) is 0 Å². The Hall–Kier alpha value is -2.21. The Labute approximate surface area is 149 Å². The monoisotopic (exact) mass is 341 g/mol. The molecule has 25 heavy (non-hydrogen) atoms. The number of carbonyl (C=O) groups excluding carboxylic acids is 1. The van der Waals surface area contributed by atoms with Gasteiger partial charge in [0.15, 0.2) is 0 Å². The molecule has 0 bridgehead atoms. The van der Waals surface area contributed by atoms with E-state index < -0.39 is 0 Å². The molecule has 1 saturated heterocycles. The molecule has 1 atom stereocenters. The fraction of sp³-hybridized carbons (Fsp3) is 0.526. The molecule has 1 aliphatic rings. The highest BCUT2D eigenvalue weighted by molar-refractivity contribution is 5.78. The van der Waals surface area contributed by atoms with Crippen molar-refractivity contribution in [1.82, 2.24) is 25.0 Å². The van der Waals surface area contributed by atoms with Crippen LogP contribution in [-0.4, -0.2) is 44.7 Å².